The van der Waals surface area contributed by atoms with E-state index >= 15 is 0 Å². The Bertz CT molecular complexity index is 344. The molecule has 0 spiro atoms. The lowest BCUT2D eigenvalue weighted by Crippen LogP contribution is -2.21. The van der Waals surface area contributed by atoms with E-state index in [9.17, 15) is 0 Å². The molecule has 0 radical (unpaired) electrons. The summed E-state index contributed by atoms with van der Waals surface area (Å²) in [5.41, 5.74) is 1.08. The zero-order valence-corrected chi connectivity index (χ0v) is 10.5. The van der Waals surface area contributed by atoms with E-state index in [0.717, 1.165) is 17.9 Å². The Morgan fingerprint density at radius 2 is 2.31 bits per heavy atom. The van der Waals surface area contributed by atoms with Crippen molar-refractivity contribution in [2.75, 3.05) is 14.2 Å². The number of nitrogens with one attached hydrogen (secondary N) is 1. The van der Waals surface area contributed by atoms with Crippen molar-refractivity contribution >= 4 is 0 Å². The molecule has 1 aromatic heterocycles. The first kappa shape index (κ1) is 12.8. The van der Waals surface area contributed by atoms with Gasteiger partial charge in [0.2, 0.25) is 0 Å². The van der Waals surface area contributed by atoms with Gasteiger partial charge in [-0.3, -0.25) is 4.68 Å². The highest BCUT2D eigenvalue weighted by atomic mass is 16.5. The fourth-order valence-electron chi connectivity index (χ4n) is 1.79. The van der Waals surface area contributed by atoms with Crippen LogP contribution in [0.3, 0.4) is 0 Å². The molecular formula is C12H21N3O. The van der Waals surface area contributed by atoms with Crippen LogP contribution in [0.25, 0.3) is 0 Å². The summed E-state index contributed by atoms with van der Waals surface area (Å²) >= 11 is 0. The largest absolute Gasteiger partial charge is 0.493 e. The second kappa shape index (κ2) is 5.70. The molecule has 4 heteroatoms. The first-order valence-corrected chi connectivity index (χ1v) is 5.55. The molecule has 0 fully saturated rings. The van der Waals surface area contributed by atoms with Gasteiger partial charge in [0, 0.05) is 6.04 Å². The maximum absolute atomic E-state index is 5.35. The van der Waals surface area contributed by atoms with Crippen LogP contribution in [0, 0.1) is 0 Å². The third-order valence-corrected chi connectivity index (χ3v) is 2.59. The van der Waals surface area contributed by atoms with E-state index in [4.69, 9.17) is 4.74 Å². The number of hydrogen-bond donors (Lipinski definition) is 1. The van der Waals surface area contributed by atoms with E-state index in [1.807, 2.05) is 17.8 Å². The summed E-state index contributed by atoms with van der Waals surface area (Å²) in [5.74, 6) is 0.829. The number of nitrogens with zero attached hydrogens (tertiary/aromatic N) is 2. The van der Waals surface area contributed by atoms with Gasteiger partial charge in [-0.05, 0) is 27.3 Å². The maximum Gasteiger partial charge on any atom is 0.161 e. The first-order valence-electron chi connectivity index (χ1n) is 5.55. The first-order chi connectivity index (χ1) is 7.65. The second-order valence-electron chi connectivity index (χ2n) is 4.00. The average molecular weight is 223 g/mol. The topological polar surface area (TPSA) is 39.1 Å². The number of ether oxygens (including phenoxy) is 1. The molecule has 1 atom stereocenters. The fourth-order valence-corrected chi connectivity index (χ4v) is 1.79. The molecular weight excluding hydrogens is 202 g/mol. The minimum atomic E-state index is 0.192. The summed E-state index contributed by atoms with van der Waals surface area (Å²) in [6, 6.07) is 0.511. The van der Waals surface area contributed by atoms with Gasteiger partial charge in [-0.15, -0.1) is 6.58 Å². The van der Waals surface area contributed by atoms with Crippen molar-refractivity contribution in [1.82, 2.24) is 15.1 Å². The number of methoxy groups -OCH3 is 1. The third-order valence-electron chi connectivity index (χ3n) is 2.59. The lowest BCUT2D eigenvalue weighted by Gasteiger charge is -2.19. The maximum atomic E-state index is 5.35. The van der Waals surface area contributed by atoms with Crippen LogP contribution in [0.15, 0.2) is 18.9 Å². The van der Waals surface area contributed by atoms with Crippen LogP contribution in [-0.4, -0.2) is 23.9 Å². The van der Waals surface area contributed by atoms with Crippen molar-refractivity contribution in [1.29, 1.82) is 0 Å². The quantitative estimate of drug-likeness (QED) is 0.752. The van der Waals surface area contributed by atoms with Gasteiger partial charge in [0.25, 0.3) is 0 Å². The highest BCUT2D eigenvalue weighted by molar-refractivity contribution is 5.29. The Morgan fingerprint density at radius 1 is 1.62 bits per heavy atom. The number of hydrogen-bond acceptors (Lipinski definition) is 3. The Morgan fingerprint density at radius 3 is 2.75 bits per heavy atom. The molecule has 16 heavy (non-hydrogen) atoms. The van der Waals surface area contributed by atoms with E-state index in [1.54, 1.807) is 13.3 Å². The molecule has 0 aliphatic carbocycles. The van der Waals surface area contributed by atoms with Crippen molar-refractivity contribution in [2.24, 2.45) is 0 Å². The van der Waals surface area contributed by atoms with Crippen LogP contribution >= 0.6 is 0 Å². The molecule has 1 N–H and O–H groups in total. The van der Waals surface area contributed by atoms with Gasteiger partial charge >= 0.3 is 0 Å². The zero-order valence-electron chi connectivity index (χ0n) is 10.5. The average Bonchev–Trinajstić information content (AvgIpc) is 2.69. The molecule has 0 aliphatic heterocycles. The van der Waals surface area contributed by atoms with Crippen LogP contribution < -0.4 is 10.1 Å². The van der Waals surface area contributed by atoms with Crippen LogP contribution in [0.2, 0.25) is 0 Å². The summed E-state index contributed by atoms with van der Waals surface area (Å²) in [6.07, 6.45) is 4.52. The normalized spacial score (nSPS) is 12.8. The van der Waals surface area contributed by atoms with Gasteiger partial charge in [-0.2, -0.15) is 5.10 Å². The predicted molar refractivity (Wildman–Crippen MR) is 65.8 cm³/mol. The fraction of sp³-hybridized carbons (Fsp3) is 0.583. The summed E-state index contributed by atoms with van der Waals surface area (Å²) in [4.78, 5) is 0. The van der Waals surface area contributed by atoms with Gasteiger partial charge < -0.3 is 10.1 Å². The molecule has 1 heterocycles. The molecule has 1 unspecified atom stereocenters. The van der Waals surface area contributed by atoms with Crippen molar-refractivity contribution in [3.05, 3.63) is 24.5 Å². The smallest absolute Gasteiger partial charge is 0.161 e. The van der Waals surface area contributed by atoms with Crippen LogP contribution in [0.5, 0.6) is 5.75 Å². The summed E-state index contributed by atoms with van der Waals surface area (Å²) < 4.78 is 7.34. The minimum absolute atomic E-state index is 0.192. The monoisotopic (exact) mass is 223 g/mol. The van der Waals surface area contributed by atoms with Gasteiger partial charge in [0.1, 0.15) is 0 Å². The van der Waals surface area contributed by atoms with E-state index in [-0.39, 0.29) is 6.04 Å². The molecule has 0 saturated heterocycles. The van der Waals surface area contributed by atoms with Crippen molar-refractivity contribution in [3.8, 4) is 5.75 Å². The number of aromatic nitrogens is 2. The van der Waals surface area contributed by atoms with Gasteiger partial charge in [-0.1, -0.05) is 6.08 Å². The van der Waals surface area contributed by atoms with Crippen molar-refractivity contribution in [2.45, 2.75) is 32.4 Å². The van der Waals surface area contributed by atoms with Crippen LogP contribution in [0.4, 0.5) is 0 Å². The number of rotatable bonds is 6. The molecule has 1 aromatic rings. The molecule has 0 amide bonds. The zero-order chi connectivity index (χ0) is 12.1. The highest BCUT2D eigenvalue weighted by Crippen LogP contribution is 2.29. The standard InChI is InChI=1S/C12H21N3O/c1-6-7-10(13-4)12-11(16-5)8-14-15(12)9(2)3/h6,8-10,13H,1,7H2,2-5H3. The molecule has 0 aromatic carbocycles. The third kappa shape index (κ3) is 2.44. The molecule has 0 bridgehead atoms. The highest BCUT2D eigenvalue weighted by Gasteiger charge is 2.20. The summed E-state index contributed by atoms with van der Waals surface area (Å²) in [6.45, 7) is 7.99. The molecule has 0 saturated carbocycles. The molecule has 4 nitrogen and oxygen atoms in total. The Balaban J connectivity index is 3.14. The Hall–Kier alpha value is -1.29. The van der Waals surface area contributed by atoms with E-state index < -0.39 is 0 Å². The van der Waals surface area contributed by atoms with Gasteiger partial charge in [0.15, 0.2) is 5.75 Å². The molecule has 0 aliphatic rings. The van der Waals surface area contributed by atoms with E-state index in [0.29, 0.717) is 6.04 Å². The van der Waals surface area contributed by atoms with Crippen molar-refractivity contribution in [3.63, 3.8) is 0 Å². The van der Waals surface area contributed by atoms with Crippen LogP contribution in [0.1, 0.15) is 38.0 Å². The molecule has 90 valence electrons. The Labute approximate surface area is 97.3 Å². The van der Waals surface area contributed by atoms with Gasteiger partial charge in [-0.25, -0.2) is 0 Å². The lowest BCUT2D eigenvalue weighted by molar-refractivity contribution is 0.389. The summed E-state index contributed by atoms with van der Waals surface area (Å²) in [7, 11) is 3.61. The van der Waals surface area contributed by atoms with E-state index in [2.05, 4.69) is 30.8 Å². The summed E-state index contributed by atoms with van der Waals surface area (Å²) in [5, 5.41) is 7.62. The van der Waals surface area contributed by atoms with Crippen LogP contribution in [-0.2, 0) is 0 Å². The minimum Gasteiger partial charge on any atom is -0.493 e. The lowest BCUT2D eigenvalue weighted by atomic mass is 10.1. The second-order valence-corrected chi connectivity index (χ2v) is 4.00. The van der Waals surface area contributed by atoms with Gasteiger partial charge in [0.05, 0.1) is 25.0 Å². The van der Waals surface area contributed by atoms with Crippen molar-refractivity contribution < 1.29 is 4.74 Å². The SMILES string of the molecule is C=CCC(NC)c1c(OC)cnn1C(C)C. The Kier molecular flexibility index (Phi) is 4.55. The predicted octanol–water partition coefficient (Wildman–Crippen LogP) is 2.31. The molecule has 1 rings (SSSR count). The van der Waals surface area contributed by atoms with E-state index in [1.165, 1.54) is 0 Å².